The summed E-state index contributed by atoms with van der Waals surface area (Å²) < 4.78 is 28.7. The molecule has 4 N–H and O–H groups in total. The Kier molecular flexibility index (Phi) is 5.81. The molecule has 0 saturated carbocycles. The highest BCUT2D eigenvalue weighted by Crippen LogP contribution is 2.28. The minimum Gasteiger partial charge on any atom is -0.495 e. The third-order valence-corrected chi connectivity index (χ3v) is 5.22. The molecule has 0 unspecified atom stereocenters. The van der Waals surface area contributed by atoms with Gasteiger partial charge in [-0.15, -0.1) is 0 Å². The number of carbonyl (C=O) groups is 1. The van der Waals surface area contributed by atoms with Crippen LogP contribution in [0.4, 0.5) is 17.2 Å². The van der Waals surface area contributed by atoms with Crippen LogP contribution in [0.5, 0.6) is 5.75 Å². The predicted octanol–water partition coefficient (Wildman–Crippen LogP) is 3.04. The third kappa shape index (κ3) is 4.71. The lowest BCUT2D eigenvalue weighted by Crippen LogP contribution is -2.17. The van der Waals surface area contributed by atoms with E-state index in [0.29, 0.717) is 28.5 Å². The topological polar surface area (TPSA) is 123 Å². The van der Waals surface area contributed by atoms with E-state index >= 15 is 0 Å². The Morgan fingerprint density at radius 3 is 2.59 bits per heavy atom. The third-order valence-electron chi connectivity index (χ3n) is 4.16. The SMILES string of the molecule is COc1ccccc1Nc1ncccc1C(=O)Nc1ccc(C)c(S(N)(=O)=O)c1. The molecule has 0 spiro atoms. The fourth-order valence-electron chi connectivity index (χ4n) is 2.75. The quantitative estimate of drug-likeness (QED) is 0.572. The van der Waals surface area contributed by atoms with E-state index in [2.05, 4.69) is 15.6 Å². The number of rotatable bonds is 6. The summed E-state index contributed by atoms with van der Waals surface area (Å²) in [5, 5.41) is 11.0. The highest BCUT2D eigenvalue weighted by atomic mass is 32.2. The predicted molar refractivity (Wildman–Crippen MR) is 111 cm³/mol. The first-order valence-corrected chi connectivity index (χ1v) is 10.1. The maximum Gasteiger partial charge on any atom is 0.259 e. The number of methoxy groups -OCH3 is 1. The van der Waals surface area contributed by atoms with Crippen molar-refractivity contribution in [2.45, 2.75) is 11.8 Å². The summed E-state index contributed by atoms with van der Waals surface area (Å²) in [6.45, 7) is 1.63. The highest BCUT2D eigenvalue weighted by Gasteiger charge is 2.16. The molecule has 2 aromatic carbocycles. The summed E-state index contributed by atoms with van der Waals surface area (Å²) in [7, 11) is -2.35. The molecule has 0 radical (unpaired) electrons. The van der Waals surface area contributed by atoms with Crippen LogP contribution in [0.1, 0.15) is 15.9 Å². The monoisotopic (exact) mass is 412 g/mol. The van der Waals surface area contributed by atoms with Crippen LogP contribution in [0.25, 0.3) is 0 Å². The summed E-state index contributed by atoms with van der Waals surface area (Å²) in [5.74, 6) is 0.467. The molecule has 9 heteroatoms. The molecule has 0 aliphatic heterocycles. The van der Waals surface area contributed by atoms with Gasteiger partial charge in [-0.2, -0.15) is 0 Å². The number of ether oxygens (including phenoxy) is 1. The molecule has 0 aliphatic carbocycles. The molecule has 0 aliphatic rings. The molecule has 3 rings (SSSR count). The molecule has 3 aromatic rings. The number of para-hydroxylation sites is 2. The highest BCUT2D eigenvalue weighted by molar-refractivity contribution is 7.89. The van der Waals surface area contributed by atoms with Gasteiger partial charge in [0.25, 0.3) is 5.91 Å². The van der Waals surface area contributed by atoms with Crippen molar-refractivity contribution in [1.29, 1.82) is 0 Å². The van der Waals surface area contributed by atoms with Crippen LogP contribution in [-0.4, -0.2) is 26.4 Å². The largest absolute Gasteiger partial charge is 0.495 e. The van der Waals surface area contributed by atoms with E-state index in [4.69, 9.17) is 9.88 Å². The van der Waals surface area contributed by atoms with Crippen LogP contribution in [0.2, 0.25) is 0 Å². The second-order valence-corrected chi connectivity index (χ2v) is 7.73. The number of aromatic nitrogens is 1. The van der Waals surface area contributed by atoms with Crippen LogP contribution in [0.15, 0.2) is 65.7 Å². The van der Waals surface area contributed by atoms with Gasteiger partial charge < -0.3 is 15.4 Å². The number of primary sulfonamides is 1. The van der Waals surface area contributed by atoms with Crippen molar-refractivity contribution in [2.75, 3.05) is 17.7 Å². The lowest BCUT2D eigenvalue weighted by atomic mass is 10.2. The number of hydrogen-bond acceptors (Lipinski definition) is 6. The average molecular weight is 412 g/mol. The van der Waals surface area contributed by atoms with Gasteiger partial charge in [-0.3, -0.25) is 4.79 Å². The maximum atomic E-state index is 12.8. The van der Waals surface area contributed by atoms with Crippen LogP contribution >= 0.6 is 0 Å². The van der Waals surface area contributed by atoms with E-state index < -0.39 is 15.9 Å². The number of sulfonamides is 1. The number of nitrogens with one attached hydrogen (secondary N) is 2. The molecule has 8 nitrogen and oxygen atoms in total. The van der Waals surface area contributed by atoms with E-state index in [1.807, 2.05) is 12.1 Å². The van der Waals surface area contributed by atoms with Gasteiger partial charge in [-0.25, -0.2) is 18.5 Å². The Balaban J connectivity index is 1.90. The fourth-order valence-corrected chi connectivity index (χ4v) is 3.55. The second kappa shape index (κ2) is 8.29. The summed E-state index contributed by atoms with van der Waals surface area (Å²) >= 11 is 0. The van der Waals surface area contributed by atoms with Gasteiger partial charge in [0.1, 0.15) is 11.6 Å². The minimum atomic E-state index is -3.90. The zero-order chi connectivity index (χ0) is 21.0. The number of aryl methyl sites for hydroxylation is 1. The zero-order valence-corrected chi connectivity index (χ0v) is 16.7. The molecule has 0 fully saturated rings. The molecule has 0 bridgehead atoms. The molecule has 29 heavy (non-hydrogen) atoms. The van der Waals surface area contributed by atoms with Gasteiger partial charge >= 0.3 is 0 Å². The number of benzene rings is 2. The standard InChI is InChI=1S/C20H20N4O4S/c1-13-9-10-14(12-18(13)29(21,26)27)23-20(25)15-6-5-11-22-19(15)24-16-7-3-4-8-17(16)28-2/h3-12H,1-2H3,(H,22,24)(H,23,25)(H2,21,26,27). The van der Waals surface area contributed by atoms with Crippen molar-refractivity contribution < 1.29 is 17.9 Å². The molecule has 150 valence electrons. The molecule has 0 atom stereocenters. The number of amides is 1. The zero-order valence-electron chi connectivity index (χ0n) is 15.8. The van der Waals surface area contributed by atoms with Gasteiger partial charge in [0.05, 0.1) is 23.3 Å². The van der Waals surface area contributed by atoms with Crippen molar-refractivity contribution in [3.8, 4) is 5.75 Å². The number of carbonyl (C=O) groups excluding carboxylic acids is 1. The number of anilines is 3. The molecule has 1 heterocycles. The molecular formula is C20H20N4O4S. The van der Waals surface area contributed by atoms with Crippen LogP contribution < -0.4 is 20.5 Å². The summed E-state index contributed by atoms with van der Waals surface area (Å²) in [6, 6.07) is 15.0. The molecular weight excluding hydrogens is 392 g/mol. The Bertz CT molecular complexity index is 1160. The van der Waals surface area contributed by atoms with Crippen molar-refractivity contribution in [3.63, 3.8) is 0 Å². The molecule has 1 aromatic heterocycles. The van der Waals surface area contributed by atoms with Crippen molar-refractivity contribution in [3.05, 3.63) is 71.9 Å². The number of pyridine rings is 1. The maximum absolute atomic E-state index is 12.8. The first-order chi connectivity index (χ1) is 13.8. The second-order valence-electron chi connectivity index (χ2n) is 6.20. The van der Waals surface area contributed by atoms with E-state index in [0.717, 1.165) is 0 Å². The van der Waals surface area contributed by atoms with E-state index in [1.54, 1.807) is 56.6 Å². The molecule has 0 saturated heterocycles. The van der Waals surface area contributed by atoms with Crippen LogP contribution in [0.3, 0.4) is 0 Å². The van der Waals surface area contributed by atoms with Crippen molar-refractivity contribution >= 4 is 33.1 Å². The first-order valence-electron chi connectivity index (χ1n) is 8.59. The number of nitrogens with two attached hydrogens (primary N) is 1. The average Bonchev–Trinajstić information content (AvgIpc) is 2.69. The van der Waals surface area contributed by atoms with E-state index in [9.17, 15) is 13.2 Å². The number of nitrogens with zero attached hydrogens (tertiary/aromatic N) is 1. The lowest BCUT2D eigenvalue weighted by molar-refractivity contribution is 0.102. The van der Waals surface area contributed by atoms with Crippen LogP contribution in [0, 0.1) is 6.92 Å². The lowest BCUT2D eigenvalue weighted by Gasteiger charge is -2.14. The van der Waals surface area contributed by atoms with Gasteiger partial charge in [0.2, 0.25) is 10.0 Å². The summed E-state index contributed by atoms with van der Waals surface area (Å²) in [4.78, 5) is 17.0. The smallest absolute Gasteiger partial charge is 0.259 e. The van der Waals surface area contributed by atoms with E-state index in [-0.39, 0.29) is 10.5 Å². The normalized spacial score (nSPS) is 11.0. The van der Waals surface area contributed by atoms with Gasteiger partial charge in [0, 0.05) is 11.9 Å². The minimum absolute atomic E-state index is 0.0474. The fraction of sp³-hybridized carbons (Fsp3) is 0.100. The Morgan fingerprint density at radius 1 is 1.10 bits per heavy atom. The summed E-state index contributed by atoms with van der Waals surface area (Å²) in [6.07, 6.45) is 1.56. The van der Waals surface area contributed by atoms with Gasteiger partial charge in [-0.05, 0) is 48.9 Å². The van der Waals surface area contributed by atoms with Crippen molar-refractivity contribution in [1.82, 2.24) is 4.98 Å². The summed E-state index contributed by atoms with van der Waals surface area (Å²) in [5.41, 5.74) is 1.72. The Hall–Kier alpha value is -3.43. The van der Waals surface area contributed by atoms with Crippen molar-refractivity contribution in [2.24, 2.45) is 5.14 Å². The molecule has 1 amide bonds. The van der Waals surface area contributed by atoms with E-state index in [1.165, 1.54) is 6.07 Å². The Morgan fingerprint density at radius 2 is 1.86 bits per heavy atom. The van der Waals surface area contributed by atoms with Gasteiger partial charge in [-0.1, -0.05) is 18.2 Å². The van der Waals surface area contributed by atoms with Gasteiger partial charge in [0.15, 0.2) is 0 Å². The Labute approximate surface area is 168 Å². The first kappa shape index (κ1) is 20.3. The number of hydrogen-bond donors (Lipinski definition) is 3. The van der Waals surface area contributed by atoms with Crippen LogP contribution in [-0.2, 0) is 10.0 Å².